The first-order valence-electron chi connectivity index (χ1n) is 8.24. The number of non-ortho nitro benzene ring substituents is 1. The second-order valence-electron chi connectivity index (χ2n) is 6.17. The van der Waals surface area contributed by atoms with Gasteiger partial charge in [0, 0.05) is 23.4 Å². The number of carbonyl (C=O) groups is 1. The van der Waals surface area contributed by atoms with Crippen LogP contribution >= 0.6 is 47.0 Å². The SMILES string of the molecule is Cc1ccc(NC(=S)N[C@H](NC(=O)c2cccc([N+](=O)[O-])c2)C(Cl)(Cl)Cl)c(C)c1. The van der Waals surface area contributed by atoms with E-state index in [0.717, 1.165) is 22.9 Å². The fraction of sp³-hybridized carbons (Fsp3) is 0.222. The van der Waals surface area contributed by atoms with E-state index in [9.17, 15) is 14.9 Å². The Bertz CT molecular complexity index is 950. The van der Waals surface area contributed by atoms with Gasteiger partial charge in [-0.25, -0.2) is 0 Å². The topological polar surface area (TPSA) is 96.3 Å². The molecular formula is C18H17Cl3N4O3S. The molecule has 2 aromatic carbocycles. The summed E-state index contributed by atoms with van der Waals surface area (Å²) in [6.07, 6.45) is -1.20. The zero-order chi connectivity index (χ0) is 21.8. The largest absolute Gasteiger partial charge is 0.339 e. The monoisotopic (exact) mass is 474 g/mol. The van der Waals surface area contributed by atoms with Crippen LogP contribution in [0.15, 0.2) is 42.5 Å². The van der Waals surface area contributed by atoms with Gasteiger partial charge in [-0.1, -0.05) is 58.6 Å². The van der Waals surface area contributed by atoms with Crippen molar-refractivity contribution in [3.8, 4) is 0 Å². The van der Waals surface area contributed by atoms with Gasteiger partial charge in [-0.3, -0.25) is 14.9 Å². The zero-order valence-corrected chi connectivity index (χ0v) is 18.4. The van der Waals surface area contributed by atoms with Crippen molar-refractivity contribution in [1.29, 1.82) is 0 Å². The van der Waals surface area contributed by atoms with Crippen molar-refractivity contribution in [2.45, 2.75) is 23.8 Å². The maximum absolute atomic E-state index is 12.5. The van der Waals surface area contributed by atoms with Crippen LogP contribution in [-0.2, 0) is 0 Å². The molecule has 1 amide bonds. The van der Waals surface area contributed by atoms with Gasteiger partial charge < -0.3 is 16.0 Å². The van der Waals surface area contributed by atoms with E-state index in [1.54, 1.807) is 0 Å². The molecule has 2 rings (SSSR count). The number of rotatable bonds is 5. The molecule has 1 atom stereocenters. The average molecular weight is 476 g/mol. The molecule has 7 nitrogen and oxygen atoms in total. The van der Waals surface area contributed by atoms with Crippen molar-refractivity contribution in [1.82, 2.24) is 10.6 Å². The van der Waals surface area contributed by atoms with Crippen LogP contribution in [0, 0.1) is 24.0 Å². The molecule has 0 saturated carbocycles. The lowest BCUT2D eigenvalue weighted by molar-refractivity contribution is -0.384. The fourth-order valence-electron chi connectivity index (χ4n) is 2.42. The number of hydrogen-bond donors (Lipinski definition) is 3. The van der Waals surface area contributed by atoms with Gasteiger partial charge in [-0.15, -0.1) is 0 Å². The summed E-state index contributed by atoms with van der Waals surface area (Å²) in [5.41, 5.74) is 2.60. The lowest BCUT2D eigenvalue weighted by Gasteiger charge is -2.28. The molecule has 0 radical (unpaired) electrons. The molecule has 0 unspecified atom stereocenters. The normalized spacial score (nSPS) is 12.0. The molecule has 0 heterocycles. The minimum absolute atomic E-state index is 0.0357. The highest BCUT2D eigenvalue weighted by atomic mass is 35.6. The minimum Gasteiger partial charge on any atom is -0.339 e. The minimum atomic E-state index is -1.95. The highest BCUT2D eigenvalue weighted by Crippen LogP contribution is 2.29. The summed E-state index contributed by atoms with van der Waals surface area (Å²) in [6, 6.07) is 10.9. The average Bonchev–Trinajstić information content (AvgIpc) is 2.62. The summed E-state index contributed by atoms with van der Waals surface area (Å²) in [6.45, 7) is 3.88. The third-order valence-electron chi connectivity index (χ3n) is 3.83. The van der Waals surface area contributed by atoms with Gasteiger partial charge in [0.1, 0.15) is 6.17 Å². The van der Waals surface area contributed by atoms with E-state index in [2.05, 4.69) is 16.0 Å². The van der Waals surface area contributed by atoms with Gasteiger partial charge in [0.05, 0.1) is 4.92 Å². The molecule has 0 saturated heterocycles. The van der Waals surface area contributed by atoms with Crippen LogP contribution < -0.4 is 16.0 Å². The molecule has 0 bridgehead atoms. The molecule has 154 valence electrons. The van der Waals surface area contributed by atoms with Crippen LogP contribution in [0.5, 0.6) is 0 Å². The van der Waals surface area contributed by atoms with Crippen LogP contribution in [0.2, 0.25) is 0 Å². The molecule has 0 fully saturated rings. The molecule has 3 N–H and O–H groups in total. The predicted molar refractivity (Wildman–Crippen MR) is 120 cm³/mol. The molecule has 0 spiro atoms. The van der Waals surface area contributed by atoms with Crippen LogP contribution in [-0.4, -0.2) is 25.9 Å². The van der Waals surface area contributed by atoms with Crippen molar-refractivity contribution in [2.24, 2.45) is 0 Å². The van der Waals surface area contributed by atoms with Crippen molar-refractivity contribution >= 4 is 69.4 Å². The Balaban J connectivity index is 2.13. The number of alkyl halides is 3. The van der Waals surface area contributed by atoms with Crippen LogP contribution in [0.1, 0.15) is 21.5 Å². The number of carbonyl (C=O) groups excluding carboxylic acids is 1. The number of aryl methyl sites for hydroxylation is 2. The fourth-order valence-corrected chi connectivity index (χ4v) is 2.97. The van der Waals surface area contributed by atoms with Gasteiger partial charge in [-0.2, -0.15) is 0 Å². The molecule has 0 aliphatic heterocycles. The number of thiocarbonyl (C=S) groups is 1. The first kappa shape index (κ1) is 23.2. The first-order valence-corrected chi connectivity index (χ1v) is 9.78. The summed E-state index contributed by atoms with van der Waals surface area (Å²) < 4.78 is -1.95. The molecule has 0 aromatic heterocycles. The Labute approximate surface area is 187 Å². The Morgan fingerprint density at radius 3 is 2.41 bits per heavy atom. The van der Waals surface area contributed by atoms with Crippen LogP contribution in [0.4, 0.5) is 11.4 Å². The molecule has 29 heavy (non-hydrogen) atoms. The van der Waals surface area contributed by atoms with E-state index in [4.69, 9.17) is 47.0 Å². The van der Waals surface area contributed by atoms with Crippen LogP contribution in [0.3, 0.4) is 0 Å². The van der Waals surface area contributed by atoms with Gasteiger partial charge in [0.15, 0.2) is 5.11 Å². The number of nitro benzene ring substituents is 1. The number of anilines is 1. The predicted octanol–water partition coefficient (Wildman–Crippen LogP) is 4.62. The van der Waals surface area contributed by atoms with E-state index in [-0.39, 0.29) is 16.4 Å². The van der Waals surface area contributed by atoms with E-state index in [1.165, 1.54) is 18.2 Å². The number of nitrogens with one attached hydrogen (secondary N) is 3. The summed E-state index contributed by atoms with van der Waals surface area (Å²) in [5.74, 6) is -0.674. The lowest BCUT2D eigenvalue weighted by atomic mass is 10.1. The van der Waals surface area contributed by atoms with Crippen molar-refractivity contribution in [2.75, 3.05) is 5.32 Å². The third kappa shape index (κ3) is 6.71. The second kappa shape index (κ2) is 9.58. The smallest absolute Gasteiger partial charge is 0.270 e. The third-order valence-corrected chi connectivity index (χ3v) is 4.70. The number of amides is 1. The molecule has 0 aliphatic carbocycles. The van der Waals surface area contributed by atoms with E-state index in [1.807, 2.05) is 32.0 Å². The number of nitrogens with zero attached hydrogens (tertiary/aromatic N) is 1. The van der Waals surface area contributed by atoms with Crippen molar-refractivity contribution in [3.63, 3.8) is 0 Å². The maximum atomic E-state index is 12.5. The zero-order valence-electron chi connectivity index (χ0n) is 15.3. The molecule has 2 aromatic rings. The molecule has 0 aliphatic rings. The van der Waals surface area contributed by atoms with E-state index >= 15 is 0 Å². The second-order valence-corrected chi connectivity index (χ2v) is 8.95. The number of hydrogen-bond acceptors (Lipinski definition) is 4. The Kier molecular flexibility index (Phi) is 7.65. The summed E-state index contributed by atoms with van der Waals surface area (Å²) >= 11 is 23.2. The Morgan fingerprint density at radius 2 is 1.83 bits per heavy atom. The van der Waals surface area contributed by atoms with Gasteiger partial charge in [-0.05, 0) is 43.8 Å². The van der Waals surface area contributed by atoms with Crippen molar-refractivity contribution in [3.05, 3.63) is 69.3 Å². The lowest BCUT2D eigenvalue weighted by Crippen LogP contribution is -2.56. The van der Waals surface area contributed by atoms with Gasteiger partial charge in [0.2, 0.25) is 3.79 Å². The molecule has 11 heteroatoms. The summed E-state index contributed by atoms with van der Waals surface area (Å²) in [5, 5.41) is 19.2. The summed E-state index contributed by atoms with van der Waals surface area (Å²) in [4.78, 5) is 22.8. The van der Waals surface area contributed by atoms with Gasteiger partial charge in [0.25, 0.3) is 11.6 Å². The number of nitro groups is 1. The maximum Gasteiger partial charge on any atom is 0.270 e. The van der Waals surface area contributed by atoms with Gasteiger partial charge >= 0.3 is 0 Å². The number of halogens is 3. The van der Waals surface area contributed by atoms with E-state index < -0.39 is 20.8 Å². The van der Waals surface area contributed by atoms with Crippen LogP contribution in [0.25, 0.3) is 0 Å². The molecular weight excluding hydrogens is 459 g/mol. The Morgan fingerprint density at radius 1 is 1.14 bits per heavy atom. The summed E-state index contributed by atoms with van der Waals surface area (Å²) in [7, 11) is 0. The van der Waals surface area contributed by atoms with Crippen molar-refractivity contribution < 1.29 is 9.72 Å². The van der Waals surface area contributed by atoms with E-state index in [0.29, 0.717) is 0 Å². The first-order chi connectivity index (χ1) is 13.5. The highest BCUT2D eigenvalue weighted by molar-refractivity contribution is 7.80. The Hall–Kier alpha value is -2.13. The highest BCUT2D eigenvalue weighted by Gasteiger charge is 2.35. The quantitative estimate of drug-likeness (QED) is 0.192. The standard InChI is InChI=1S/C18H17Cl3N4O3S/c1-10-6-7-14(11(2)8-10)22-17(29)24-16(18(19,20)21)23-15(26)12-4-3-5-13(9-12)25(27)28/h3-9,16H,1-2H3,(H,23,26)(H2,22,24,29)/t16-/m0/s1. The number of benzene rings is 2.